The van der Waals surface area contributed by atoms with Gasteiger partial charge in [0.15, 0.2) is 0 Å². The van der Waals surface area contributed by atoms with E-state index in [4.69, 9.17) is 0 Å². The monoisotopic (exact) mass is 167 g/mol. The van der Waals surface area contributed by atoms with E-state index < -0.39 is 0 Å². The summed E-state index contributed by atoms with van der Waals surface area (Å²) in [5.41, 5.74) is 1.77. The van der Waals surface area contributed by atoms with E-state index in [2.05, 4.69) is 32.3 Å². The van der Waals surface area contributed by atoms with Gasteiger partial charge in [-0.25, -0.2) is 0 Å². The Morgan fingerprint density at radius 2 is 1.75 bits per heavy atom. The van der Waals surface area contributed by atoms with Crippen LogP contribution < -0.4 is 5.32 Å². The molecule has 0 unspecified atom stereocenters. The van der Waals surface area contributed by atoms with E-state index in [9.17, 15) is 0 Å². The zero-order valence-corrected chi connectivity index (χ0v) is 8.61. The van der Waals surface area contributed by atoms with Crippen molar-refractivity contribution < 1.29 is 0 Å². The summed E-state index contributed by atoms with van der Waals surface area (Å²) in [5.74, 6) is 0. The maximum Gasteiger partial charge on any atom is 0.0364 e. The molecule has 0 aliphatic heterocycles. The number of likely N-dealkylation sites (N-methyl/N-ethyl adjacent to an activating group) is 1. The minimum absolute atomic E-state index is 0.330. The van der Waals surface area contributed by atoms with Gasteiger partial charge in [0.2, 0.25) is 0 Å². The summed E-state index contributed by atoms with van der Waals surface area (Å²) in [7, 11) is 2.09. The van der Waals surface area contributed by atoms with Crippen molar-refractivity contribution in [3.05, 3.63) is 11.6 Å². The first-order valence-electron chi connectivity index (χ1n) is 5.03. The average Bonchev–Trinajstić information content (AvgIpc) is 2.05. The van der Waals surface area contributed by atoms with E-state index in [0.29, 0.717) is 5.54 Å². The molecule has 1 rings (SSSR count). The van der Waals surface area contributed by atoms with E-state index in [0.717, 1.165) is 0 Å². The topological polar surface area (TPSA) is 12.0 Å². The zero-order chi connectivity index (χ0) is 9.03. The molecule has 1 aliphatic rings. The Labute approximate surface area is 76.2 Å². The van der Waals surface area contributed by atoms with E-state index >= 15 is 0 Å². The van der Waals surface area contributed by atoms with Crippen molar-refractivity contribution in [2.45, 2.75) is 51.5 Å². The van der Waals surface area contributed by atoms with E-state index in [1.165, 1.54) is 37.7 Å². The van der Waals surface area contributed by atoms with Gasteiger partial charge in [-0.2, -0.15) is 0 Å². The van der Waals surface area contributed by atoms with Gasteiger partial charge < -0.3 is 5.32 Å². The molecular weight excluding hydrogens is 146 g/mol. The molecule has 1 saturated carbocycles. The van der Waals surface area contributed by atoms with Crippen LogP contribution in [0.15, 0.2) is 11.6 Å². The zero-order valence-electron chi connectivity index (χ0n) is 8.61. The number of hydrogen-bond acceptors (Lipinski definition) is 1. The standard InChI is InChI=1S/C11H21N/c1-10(2)9-11(12-3)7-5-4-6-8-11/h9,12H,4-8H2,1-3H3. The molecule has 0 amide bonds. The molecule has 1 N–H and O–H groups in total. The molecule has 1 aliphatic carbocycles. The highest BCUT2D eigenvalue weighted by Crippen LogP contribution is 2.29. The maximum atomic E-state index is 3.47. The summed E-state index contributed by atoms with van der Waals surface area (Å²) in [6, 6.07) is 0. The van der Waals surface area contributed by atoms with Crippen molar-refractivity contribution in [3.63, 3.8) is 0 Å². The first-order valence-corrected chi connectivity index (χ1v) is 5.03. The molecule has 0 aromatic heterocycles. The van der Waals surface area contributed by atoms with Crippen molar-refractivity contribution in [3.8, 4) is 0 Å². The van der Waals surface area contributed by atoms with Crippen LogP contribution >= 0.6 is 0 Å². The highest BCUT2D eigenvalue weighted by atomic mass is 14.9. The van der Waals surface area contributed by atoms with Crippen LogP contribution in [0.2, 0.25) is 0 Å². The van der Waals surface area contributed by atoms with Crippen molar-refractivity contribution in [2.24, 2.45) is 0 Å². The van der Waals surface area contributed by atoms with Crippen LogP contribution in [-0.4, -0.2) is 12.6 Å². The first kappa shape index (κ1) is 9.79. The molecular formula is C11H21N. The third kappa shape index (κ3) is 2.34. The number of nitrogens with one attached hydrogen (secondary N) is 1. The highest BCUT2D eigenvalue weighted by molar-refractivity contribution is 5.11. The summed E-state index contributed by atoms with van der Waals surface area (Å²) in [5, 5.41) is 3.47. The third-order valence-corrected chi connectivity index (χ3v) is 2.81. The minimum Gasteiger partial charge on any atom is -0.311 e. The van der Waals surface area contributed by atoms with Gasteiger partial charge in [-0.15, -0.1) is 0 Å². The fraction of sp³-hybridized carbons (Fsp3) is 0.818. The fourth-order valence-corrected chi connectivity index (χ4v) is 2.20. The Balaban J connectivity index is 2.66. The predicted octanol–water partition coefficient (Wildman–Crippen LogP) is 2.87. The first-order chi connectivity index (χ1) is 5.68. The minimum atomic E-state index is 0.330. The van der Waals surface area contributed by atoms with E-state index in [-0.39, 0.29) is 0 Å². The quantitative estimate of drug-likeness (QED) is 0.624. The van der Waals surface area contributed by atoms with Crippen LogP contribution in [0.5, 0.6) is 0 Å². The Kier molecular flexibility index (Phi) is 3.33. The van der Waals surface area contributed by atoms with Gasteiger partial charge in [-0.1, -0.05) is 30.9 Å². The lowest BCUT2D eigenvalue weighted by atomic mass is 9.81. The number of rotatable bonds is 2. The molecule has 0 heterocycles. The second-order valence-corrected chi connectivity index (χ2v) is 4.19. The smallest absolute Gasteiger partial charge is 0.0364 e. The Morgan fingerprint density at radius 1 is 1.17 bits per heavy atom. The summed E-state index contributed by atoms with van der Waals surface area (Å²) in [6.45, 7) is 4.38. The number of hydrogen-bond donors (Lipinski definition) is 1. The van der Waals surface area contributed by atoms with Crippen LogP contribution in [0.4, 0.5) is 0 Å². The van der Waals surface area contributed by atoms with Gasteiger partial charge in [-0.05, 0) is 33.7 Å². The van der Waals surface area contributed by atoms with Gasteiger partial charge >= 0.3 is 0 Å². The molecule has 0 aromatic carbocycles. The molecule has 0 aromatic rings. The van der Waals surface area contributed by atoms with E-state index in [1.54, 1.807) is 0 Å². The largest absolute Gasteiger partial charge is 0.311 e. The predicted molar refractivity (Wildman–Crippen MR) is 54.3 cm³/mol. The average molecular weight is 167 g/mol. The third-order valence-electron chi connectivity index (χ3n) is 2.81. The second-order valence-electron chi connectivity index (χ2n) is 4.19. The molecule has 12 heavy (non-hydrogen) atoms. The van der Waals surface area contributed by atoms with Crippen LogP contribution in [-0.2, 0) is 0 Å². The molecule has 0 radical (unpaired) electrons. The highest BCUT2D eigenvalue weighted by Gasteiger charge is 2.27. The summed E-state index contributed by atoms with van der Waals surface area (Å²) in [4.78, 5) is 0. The molecule has 1 heteroatoms. The van der Waals surface area contributed by atoms with Crippen molar-refractivity contribution in [1.29, 1.82) is 0 Å². The Hall–Kier alpha value is -0.300. The van der Waals surface area contributed by atoms with Gasteiger partial charge in [0.25, 0.3) is 0 Å². The Morgan fingerprint density at radius 3 is 2.17 bits per heavy atom. The molecule has 0 saturated heterocycles. The van der Waals surface area contributed by atoms with Crippen LogP contribution in [0, 0.1) is 0 Å². The molecule has 0 bridgehead atoms. The second kappa shape index (κ2) is 4.08. The van der Waals surface area contributed by atoms with Crippen molar-refractivity contribution >= 4 is 0 Å². The van der Waals surface area contributed by atoms with Crippen LogP contribution in [0.3, 0.4) is 0 Å². The Bertz CT molecular complexity index is 160. The summed E-state index contributed by atoms with van der Waals surface area (Å²) in [6.07, 6.45) is 9.21. The van der Waals surface area contributed by atoms with Crippen LogP contribution in [0.1, 0.15) is 46.0 Å². The lowest BCUT2D eigenvalue weighted by molar-refractivity contribution is 0.306. The van der Waals surface area contributed by atoms with Gasteiger partial charge in [0.1, 0.15) is 0 Å². The van der Waals surface area contributed by atoms with Crippen molar-refractivity contribution in [2.75, 3.05) is 7.05 Å². The number of allylic oxidation sites excluding steroid dienone is 1. The molecule has 70 valence electrons. The van der Waals surface area contributed by atoms with Crippen LogP contribution in [0.25, 0.3) is 0 Å². The molecule has 1 fully saturated rings. The molecule has 1 nitrogen and oxygen atoms in total. The molecule has 0 atom stereocenters. The fourth-order valence-electron chi connectivity index (χ4n) is 2.20. The molecule has 0 spiro atoms. The summed E-state index contributed by atoms with van der Waals surface area (Å²) < 4.78 is 0. The van der Waals surface area contributed by atoms with Gasteiger partial charge in [0.05, 0.1) is 0 Å². The van der Waals surface area contributed by atoms with E-state index in [1.807, 2.05) is 0 Å². The van der Waals surface area contributed by atoms with Crippen molar-refractivity contribution in [1.82, 2.24) is 5.32 Å². The lowest BCUT2D eigenvalue weighted by Gasteiger charge is -2.34. The normalized spacial score (nSPS) is 21.9. The lowest BCUT2D eigenvalue weighted by Crippen LogP contribution is -2.42. The van der Waals surface area contributed by atoms with Gasteiger partial charge in [0, 0.05) is 5.54 Å². The SMILES string of the molecule is CNC1(C=C(C)C)CCCCC1. The summed E-state index contributed by atoms with van der Waals surface area (Å²) >= 11 is 0. The van der Waals surface area contributed by atoms with Gasteiger partial charge in [-0.3, -0.25) is 0 Å². The maximum absolute atomic E-state index is 3.47.